The number of nitrogens with one attached hydrogen (secondary N) is 2. The van der Waals surface area contributed by atoms with Gasteiger partial charge in [-0.05, 0) is 35.6 Å². The van der Waals surface area contributed by atoms with E-state index in [9.17, 15) is 13.2 Å². The SMILES string of the molecule is C/C(=N/NC(=O)CNS(=O)(=O)c1ccccc1)c1ccc(C(C)(C)C)cc1. The second-order valence-electron chi connectivity index (χ2n) is 7.20. The van der Waals surface area contributed by atoms with Crippen molar-refractivity contribution in [2.24, 2.45) is 5.10 Å². The van der Waals surface area contributed by atoms with Crippen LogP contribution >= 0.6 is 0 Å². The molecule has 2 rings (SSSR count). The number of benzene rings is 2. The van der Waals surface area contributed by atoms with Gasteiger partial charge in [-0.25, -0.2) is 18.6 Å². The summed E-state index contributed by atoms with van der Waals surface area (Å²) in [5.41, 5.74) is 5.16. The van der Waals surface area contributed by atoms with Gasteiger partial charge in [-0.1, -0.05) is 63.2 Å². The van der Waals surface area contributed by atoms with Gasteiger partial charge < -0.3 is 0 Å². The van der Waals surface area contributed by atoms with E-state index in [1.807, 2.05) is 24.3 Å². The van der Waals surface area contributed by atoms with Gasteiger partial charge in [-0.3, -0.25) is 4.79 Å². The van der Waals surface area contributed by atoms with E-state index in [4.69, 9.17) is 0 Å². The fourth-order valence-electron chi connectivity index (χ4n) is 2.31. The van der Waals surface area contributed by atoms with Crippen LogP contribution in [0.4, 0.5) is 0 Å². The lowest BCUT2D eigenvalue weighted by atomic mass is 9.86. The lowest BCUT2D eigenvalue weighted by molar-refractivity contribution is -0.119. The second-order valence-corrected chi connectivity index (χ2v) is 8.96. The first-order valence-electron chi connectivity index (χ1n) is 8.58. The highest BCUT2D eigenvalue weighted by molar-refractivity contribution is 7.89. The van der Waals surface area contributed by atoms with Crippen molar-refractivity contribution in [2.75, 3.05) is 6.54 Å². The first-order valence-corrected chi connectivity index (χ1v) is 10.1. The molecule has 0 bridgehead atoms. The standard InChI is InChI=1S/C20H25N3O3S/c1-15(16-10-12-17(13-11-16)20(2,3)4)22-23-19(24)14-21-27(25,26)18-8-6-5-7-9-18/h5-13,21H,14H2,1-4H3,(H,23,24)/b22-15-. The lowest BCUT2D eigenvalue weighted by Gasteiger charge is -2.19. The van der Waals surface area contributed by atoms with Gasteiger partial charge in [0.1, 0.15) is 0 Å². The van der Waals surface area contributed by atoms with Crippen molar-refractivity contribution in [2.45, 2.75) is 38.0 Å². The van der Waals surface area contributed by atoms with E-state index in [1.54, 1.807) is 25.1 Å². The molecule has 0 fully saturated rings. The van der Waals surface area contributed by atoms with Crippen molar-refractivity contribution in [3.8, 4) is 0 Å². The molecule has 0 saturated carbocycles. The molecular weight excluding hydrogens is 362 g/mol. The Bertz CT molecular complexity index is 913. The van der Waals surface area contributed by atoms with Crippen LogP contribution in [0, 0.1) is 0 Å². The van der Waals surface area contributed by atoms with E-state index >= 15 is 0 Å². The molecular formula is C20H25N3O3S. The first-order chi connectivity index (χ1) is 12.6. The minimum Gasteiger partial charge on any atom is -0.272 e. The molecule has 7 heteroatoms. The Morgan fingerprint density at radius 3 is 2.15 bits per heavy atom. The molecule has 0 unspecified atom stereocenters. The van der Waals surface area contributed by atoms with Crippen LogP contribution in [0.5, 0.6) is 0 Å². The van der Waals surface area contributed by atoms with Gasteiger partial charge >= 0.3 is 0 Å². The predicted octanol–water partition coefficient (Wildman–Crippen LogP) is 2.80. The van der Waals surface area contributed by atoms with Crippen molar-refractivity contribution in [1.29, 1.82) is 0 Å². The highest BCUT2D eigenvalue weighted by Crippen LogP contribution is 2.22. The molecule has 0 heterocycles. The van der Waals surface area contributed by atoms with Crippen LogP contribution in [0.3, 0.4) is 0 Å². The Hall–Kier alpha value is -2.51. The molecule has 0 saturated heterocycles. The third kappa shape index (κ3) is 6.01. The van der Waals surface area contributed by atoms with Gasteiger partial charge in [0, 0.05) is 0 Å². The van der Waals surface area contributed by atoms with Crippen LogP contribution in [0.1, 0.15) is 38.8 Å². The monoisotopic (exact) mass is 387 g/mol. The average molecular weight is 388 g/mol. The summed E-state index contributed by atoms with van der Waals surface area (Å²) in [4.78, 5) is 12.0. The molecule has 0 spiro atoms. The first kappa shape index (κ1) is 20.8. The summed E-state index contributed by atoms with van der Waals surface area (Å²) in [5, 5.41) is 4.04. The molecule has 0 aliphatic heterocycles. The number of hydrogen-bond donors (Lipinski definition) is 2. The molecule has 0 aliphatic rings. The summed E-state index contributed by atoms with van der Waals surface area (Å²) in [6.45, 7) is 7.80. The van der Waals surface area contributed by atoms with E-state index < -0.39 is 22.5 Å². The van der Waals surface area contributed by atoms with Crippen molar-refractivity contribution in [1.82, 2.24) is 10.1 Å². The highest BCUT2D eigenvalue weighted by Gasteiger charge is 2.15. The minimum atomic E-state index is -3.72. The number of nitrogens with zero attached hydrogens (tertiary/aromatic N) is 1. The van der Waals surface area contributed by atoms with Crippen LogP contribution < -0.4 is 10.1 Å². The lowest BCUT2D eigenvalue weighted by Crippen LogP contribution is -2.35. The Kier molecular flexibility index (Phi) is 6.51. The third-order valence-corrected chi connectivity index (χ3v) is 5.41. The summed E-state index contributed by atoms with van der Waals surface area (Å²) < 4.78 is 26.4. The van der Waals surface area contributed by atoms with Crippen LogP contribution in [0.15, 0.2) is 64.6 Å². The van der Waals surface area contributed by atoms with Crippen molar-refractivity contribution >= 4 is 21.6 Å². The molecule has 2 N–H and O–H groups in total. The number of rotatable bonds is 6. The van der Waals surface area contributed by atoms with Gasteiger partial charge in [0.15, 0.2) is 0 Å². The second kappa shape index (κ2) is 8.45. The van der Waals surface area contributed by atoms with Gasteiger partial charge in [-0.15, -0.1) is 0 Å². The molecule has 0 atom stereocenters. The maximum absolute atomic E-state index is 12.1. The number of carbonyl (C=O) groups is 1. The largest absolute Gasteiger partial charge is 0.272 e. The maximum atomic E-state index is 12.1. The van der Waals surface area contributed by atoms with Crippen LogP contribution in [0.25, 0.3) is 0 Å². The number of hydrogen-bond acceptors (Lipinski definition) is 4. The molecule has 2 aromatic rings. The van der Waals surface area contributed by atoms with Crippen molar-refractivity contribution in [3.05, 3.63) is 65.7 Å². The summed E-state index contributed by atoms with van der Waals surface area (Å²) in [6, 6.07) is 15.8. The summed E-state index contributed by atoms with van der Waals surface area (Å²) in [6.07, 6.45) is 0. The summed E-state index contributed by atoms with van der Waals surface area (Å²) >= 11 is 0. The number of sulfonamides is 1. The fraction of sp³-hybridized carbons (Fsp3) is 0.300. The van der Waals surface area contributed by atoms with Gasteiger partial charge in [0.2, 0.25) is 10.0 Å². The van der Waals surface area contributed by atoms with E-state index in [2.05, 4.69) is 36.0 Å². The number of carbonyl (C=O) groups excluding carboxylic acids is 1. The third-order valence-electron chi connectivity index (χ3n) is 3.99. The highest BCUT2D eigenvalue weighted by atomic mass is 32.2. The normalized spacial score (nSPS) is 12.7. The van der Waals surface area contributed by atoms with E-state index in [1.165, 1.54) is 17.7 Å². The predicted molar refractivity (Wildman–Crippen MR) is 107 cm³/mol. The van der Waals surface area contributed by atoms with Crippen molar-refractivity contribution in [3.63, 3.8) is 0 Å². The molecule has 0 aliphatic carbocycles. The smallest absolute Gasteiger partial charge is 0.255 e. The molecule has 2 aromatic carbocycles. The van der Waals surface area contributed by atoms with E-state index in [0.29, 0.717) is 5.71 Å². The molecule has 1 amide bonds. The maximum Gasteiger partial charge on any atom is 0.255 e. The number of amides is 1. The molecule has 144 valence electrons. The quantitative estimate of drug-likeness (QED) is 0.590. The molecule has 0 aromatic heterocycles. The average Bonchev–Trinajstić information content (AvgIpc) is 2.64. The van der Waals surface area contributed by atoms with Crippen molar-refractivity contribution < 1.29 is 13.2 Å². The minimum absolute atomic E-state index is 0.0632. The Morgan fingerprint density at radius 1 is 1.00 bits per heavy atom. The Labute approximate surface area is 160 Å². The zero-order valence-corrected chi connectivity index (χ0v) is 16.8. The van der Waals surface area contributed by atoms with Crippen LogP contribution in [0.2, 0.25) is 0 Å². The fourth-order valence-corrected chi connectivity index (χ4v) is 3.31. The summed E-state index contributed by atoms with van der Waals surface area (Å²) in [5.74, 6) is -0.542. The van der Waals surface area contributed by atoms with Gasteiger partial charge in [0.05, 0.1) is 17.2 Å². The topological polar surface area (TPSA) is 87.6 Å². The van der Waals surface area contributed by atoms with Gasteiger partial charge in [-0.2, -0.15) is 5.10 Å². The van der Waals surface area contributed by atoms with Gasteiger partial charge in [0.25, 0.3) is 5.91 Å². The zero-order chi connectivity index (χ0) is 20.1. The Balaban J connectivity index is 1.94. The van der Waals surface area contributed by atoms with Crippen LogP contribution in [-0.2, 0) is 20.2 Å². The van der Waals surface area contributed by atoms with E-state index in [0.717, 1.165) is 5.56 Å². The molecule has 0 radical (unpaired) electrons. The summed E-state index contributed by atoms with van der Waals surface area (Å²) in [7, 11) is -3.72. The molecule has 6 nitrogen and oxygen atoms in total. The number of hydrazone groups is 1. The zero-order valence-electron chi connectivity index (χ0n) is 16.0. The van der Waals surface area contributed by atoms with E-state index in [-0.39, 0.29) is 10.3 Å². The molecule has 27 heavy (non-hydrogen) atoms. The van der Waals surface area contributed by atoms with Crippen LogP contribution in [-0.4, -0.2) is 26.6 Å². The Morgan fingerprint density at radius 2 is 1.59 bits per heavy atom.